The lowest BCUT2D eigenvalue weighted by atomic mass is 9.96. The average molecular weight is 378 g/mol. The molecule has 1 aliphatic heterocycles. The van der Waals surface area contributed by atoms with Gasteiger partial charge in [0.1, 0.15) is 0 Å². The van der Waals surface area contributed by atoms with E-state index in [2.05, 4.69) is 57.7 Å². The van der Waals surface area contributed by atoms with E-state index in [0.717, 1.165) is 44.6 Å². The van der Waals surface area contributed by atoms with Crippen molar-refractivity contribution in [2.24, 2.45) is 10.7 Å². The maximum Gasteiger partial charge on any atom is 0.189 e. The molecule has 148 valence electrons. The smallest absolute Gasteiger partial charge is 0.189 e. The number of nitrogens with two attached hydrogens (primary N) is 1. The highest BCUT2D eigenvalue weighted by Gasteiger charge is 2.19. The Hall–Kier alpha value is -2.40. The van der Waals surface area contributed by atoms with E-state index in [1.54, 1.807) is 0 Å². The topological polar surface area (TPSA) is 66.5 Å². The summed E-state index contributed by atoms with van der Waals surface area (Å²) in [4.78, 5) is 11.8. The molecular weight excluding hydrogens is 346 g/mol. The summed E-state index contributed by atoms with van der Waals surface area (Å²) in [7, 11) is 0. The van der Waals surface area contributed by atoms with Gasteiger partial charge in [-0.15, -0.1) is 0 Å². The normalized spacial score (nSPS) is 18.6. The van der Waals surface area contributed by atoms with E-state index in [-0.39, 0.29) is 0 Å². The van der Waals surface area contributed by atoms with Crippen LogP contribution in [0.15, 0.2) is 47.5 Å². The molecule has 0 bridgehead atoms. The summed E-state index contributed by atoms with van der Waals surface area (Å²) in [6.07, 6.45) is 6.99. The molecule has 0 radical (unpaired) electrons. The molecule has 0 atom stereocenters. The summed E-state index contributed by atoms with van der Waals surface area (Å²) in [5.41, 5.74) is 11.2. The average Bonchev–Trinajstić information content (AvgIpc) is 2.74. The molecule has 1 aromatic heterocycles. The van der Waals surface area contributed by atoms with Gasteiger partial charge >= 0.3 is 0 Å². The summed E-state index contributed by atoms with van der Waals surface area (Å²) in [5.74, 6) is 0.543. The second kappa shape index (κ2) is 9.20. The van der Waals surface area contributed by atoms with E-state index >= 15 is 0 Å². The highest BCUT2D eigenvalue weighted by molar-refractivity contribution is 5.78. The van der Waals surface area contributed by atoms with Gasteiger partial charge in [-0.1, -0.05) is 36.4 Å². The van der Waals surface area contributed by atoms with Crippen LogP contribution in [0.3, 0.4) is 0 Å². The molecule has 0 spiro atoms. The number of hydrogen-bond donors (Lipinski definition) is 2. The minimum Gasteiger partial charge on any atom is -0.370 e. The number of fused-ring (bicyclic) bond motifs is 1. The quantitative estimate of drug-likeness (QED) is 0.621. The monoisotopic (exact) mass is 377 g/mol. The fourth-order valence-electron chi connectivity index (χ4n) is 4.21. The number of aromatic nitrogens is 1. The number of nitrogens with one attached hydrogen (secondary N) is 1. The largest absolute Gasteiger partial charge is 0.370 e. The third-order valence-electron chi connectivity index (χ3n) is 5.84. The third kappa shape index (κ3) is 5.10. The molecule has 1 aromatic carbocycles. The molecule has 1 aliphatic carbocycles. The minimum absolute atomic E-state index is 0.410. The molecule has 3 N–H and O–H groups in total. The van der Waals surface area contributed by atoms with Crippen LogP contribution in [0.5, 0.6) is 0 Å². The Morgan fingerprint density at radius 3 is 2.68 bits per heavy atom. The van der Waals surface area contributed by atoms with Crippen molar-refractivity contribution in [3.05, 3.63) is 65.0 Å². The highest BCUT2D eigenvalue weighted by Crippen LogP contribution is 2.19. The van der Waals surface area contributed by atoms with Gasteiger partial charge in [0.25, 0.3) is 0 Å². The number of pyridine rings is 1. The van der Waals surface area contributed by atoms with Gasteiger partial charge in [0.15, 0.2) is 5.96 Å². The Bertz CT molecular complexity index is 794. The lowest BCUT2D eigenvalue weighted by Crippen LogP contribution is -2.46. The predicted molar refractivity (Wildman–Crippen MR) is 114 cm³/mol. The molecule has 2 aliphatic rings. The van der Waals surface area contributed by atoms with Crippen molar-refractivity contribution in [2.45, 2.75) is 57.7 Å². The Morgan fingerprint density at radius 1 is 1.07 bits per heavy atom. The minimum atomic E-state index is 0.410. The molecule has 5 nitrogen and oxygen atoms in total. The van der Waals surface area contributed by atoms with Crippen molar-refractivity contribution >= 4 is 5.96 Å². The first-order chi connectivity index (χ1) is 13.8. The maximum absolute atomic E-state index is 6.15. The van der Waals surface area contributed by atoms with Gasteiger partial charge in [-0.05, 0) is 55.7 Å². The van der Waals surface area contributed by atoms with E-state index in [9.17, 15) is 0 Å². The second-order valence-corrected chi connectivity index (χ2v) is 8.00. The van der Waals surface area contributed by atoms with Crippen LogP contribution in [-0.4, -0.2) is 35.0 Å². The Kier molecular flexibility index (Phi) is 6.22. The maximum atomic E-state index is 6.15. The van der Waals surface area contributed by atoms with Crippen LogP contribution in [0.2, 0.25) is 0 Å². The van der Waals surface area contributed by atoms with E-state index in [1.807, 2.05) is 0 Å². The van der Waals surface area contributed by atoms with Crippen LogP contribution in [0.1, 0.15) is 48.2 Å². The molecule has 0 saturated carbocycles. The zero-order valence-corrected chi connectivity index (χ0v) is 16.6. The fourth-order valence-corrected chi connectivity index (χ4v) is 4.21. The van der Waals surface area contributed by atoms with Gasteiger partial charge in [-0.2, -0.15) is 0 Å². The van der Waals surface area contributed by atoms with Gasteiger partial charge in [0.05, 0.1) is 12.2 Å². The molecule has 1 saturated heterocycles. The summed E-state index contributed by atoms with van der Waals surface area (Å²) < 4.78 is 0. The summed E-state index contributed by atoms with van der Waals surface area (Å²) in [6.45, 7) is 3.76. The fraction of sp³-hybridized carbons (Fsp3) is 0.478. The number of piperidine rings is 1. The van der Waals surface area contributed by atoms with Crippen LogP contribution in [0.25, 0.3) is 0 Å². The Labute approximate surface area is 168 Å². The van der Waals surface area contributed by atoms with Crippen LogP contribution < -0.4 is 11.1 Å². The number of hydrogen-bond acceptors (Lipinski definition) is 3. The first-order valence-electron chi connectivity index (χ1n) is 10.6. The van der Waals surface area contributed by atoms with Gasteiger partial charge in [-0.3, -0.25) is 9.88 Å². The molecule has 5 heteroatoms. The molecule has 0 unspecified atom stereocenters. The molecule has 1 fully saturated rings. The lowest BCUT2D eigenvalue weighted by molar-refractivity contribution is 0.199. The van der Waals surface area contributed by atoms with Crippen molar-refractivity contribution in [3.63, 3.8) is 0 Å². The SMILES string of the molecule is NC(=NCc1ccc2c(n1)CCCC2)NC1CCN(Cc2ccccc2)CC1. The zero-order valence-electron chi connectivity index (χ0n) is 16.6. The molecule has 2 aromatic rings. The van der Waals surface area contributed by atoms with Crippen LogP contribution >= 0.6 is 0 Å². The van der Waals surface area contributed by atoms with Gasteiger partial charge < -0.3 is 11.1 Å². The van der Waals surface area contributed by atoms with Crippen LogP contribution in [0.4, 0.5) is 0 Å². The molecule has 4 rings (SSSR count). The number of likely N-dealkylation sites (tertiary alicyclic amines) is 1. The van der Waals surface area contributed by atoms with Crippen LogP contribution in [0, 0.1) is 0 Å². The first kappa shape index (κ1) is 18.9. The summed E-state index contributed by atoms with van der Waals surface area (Å²) >= 11 is 0. The van der Waals surface area contributed by atoms with E-state index in [4.69, 9.17) is 10.7 Å². The van der Waals surface area contributed by atoms with Crippen molar-refractivity contribution in [2.75, 3.05) is 13.1 Å². The van der Waals surface area contributed by atoms with E-state index in [1.165, 1.54) is 36.1 Å². The number of benzene rings is 1. The van der Waals surface area contributed by atoms with Gasteiger partial charge in [0.2, 0.25) is 0 Å². The number of aliphatic imine (C=N–C) groups is 1. The number of rotatable bonds is 5. The molecule has 28 heavy (non-hydrogen) atoms. The Morgan fingerprint density at radius 2 is 1.86 bits per heavy atom. The van der Waals surface area contributed by atoms with E-state index < -0.39 is 0 Å². The molecule has 0 amide bonds. The van der Waals surface area contributed by atoms with Gasteiger partial charge in [0, 0.05) is 31.4 Å². The van der Waals surface area contributed by atoms with Crippen molar-refractivity contribution in [1.82, 2.24) is 15.2 Å². The number of guanidine groups is 1. The lowest BCUT2D eigenvalue weighted by Gasteiger charge is -2.32. The summed E-state index contributed by atoms with van der Waals surface area (Å²) in [6, 6.07) is 15.4. The van der Waals surface area contributed by atoms with E-state index in [0.29, 0.717) is 18.5 Å². The standard InChI is InChI=1S/C23H31N5/c24-23(25-16-21-11-10-19-8-4-5-9-22(19)26-21)27-20-12-14-28(15-13-20)17-18-6-2-1-3-7-18/h1-3,6-7,10-11,20H,4-5,8-9,12-17H2,(H3,24,25,27). The highest BCUT2D eigenvalue weighted by atomic mass is 15.2. The van der Waals surface area contributed by atoms with Crippen LogP contribution in [-0.2, 0) is 25.9 Å². The first-order valence-corrected chi connectivity index (χ1v) is 10.6. The van der Waals surface area contributed by atoms with Gasteiger partial charge in [-0.25, -0.2) is 4.99 Å². The zero-order chi connectivity index (χ0) is 19.2. The summed E-state index contributed by atoms with van der Waals surface area (Å²) in [5, 5.41) is 3.41. The number of nitrogens with zero attached hydrogens (tertiary/aromatic N) is 3. The molecule has 2 heterocycles. The molecular formula is C23H31N5. The Balaban J connectivity index is 1.23. The number of aryl methyl sites for hydroxylation is 2. The third-order valence-corrected chi connectivity index (χ3v) is 5.84. The van der Waals surface area contributed by atoms with Crippen molar-refractivity contribution < 1.29 is 0 Å². The van der Waals surface area contributed by atoms with Crippen molar-refractivity contribution in [3.8, 4) is 0 Å². The predicted octanol–water partition coefficient (Wildman–Crippen LogP) is 3.03. The second-order valence-electron chi connectivity index (χ2n) is 8.00. The van der Waals surface area contributed by atoms with Crippen molar-refractivity contribution in [1.29, 1.82) is 0 Å².